The molecule has 0 fully saturated rings. The van der Waals surface area contributed by atoms with Crippen LogP contribution in [0.25, 0.3) is 5.57 Å². The van der Waals surface area contributed by atoms with Crippen LogP contribution in [0.3, 0.4) is 0 Å². The molecule has 0 saturated heterocycles. The highest BCUT2D eigenvalue weighted by Crippen LogP contribution is 2.50. The Bertz CT molecular complexity index is 761. The third-order valence-corrected chi connectivity index (χ3v) is 6.05. The number of halogens is 1. The molecule has 0 aliphatic heterocycles. The van der Waals surface area contributed by atoms with E-state index in [4.69, 9.17) is 0 Å². The molecular formula is C23H25I. The summed E-state index contributed by atoms with van der Waals surface area (Å²) < 4.78 is 1.42. The minimum absolute atomic E-state index is 0.143. The second-order valence-electron chi connectivity index (χ2n) is 7.65. The van der Waals surface area contributed by atoms with Crippen molar-refractivity contribution in [2.24, 2.45) is 11.3 Å². The Labute approximate surface area is 159 Å². The summed E-state index contributed by atoms with van der Waals surface area (Å²) in [6.07, 6.45) is 2.51. The van der Waals surface area contributed by atoms with E-state index in [0.717, 1.165) is 0 Å². The Morgan fingerprint density at radius 1 is 0.833 bits per heavy atom. The van der Waals surface area contributed by atoms with Crippen molar-refractivity contribution >= 4 is 28.2 Å². The molecule has 2 aromatic rings. The molecule has 0 heterocycles. The molecule has 0 aromatic heterocycles. The van der Waals surface area contributed by atoms with Crippen LogP contribution >= 0.6 is 22.6 Å². The number of hydrogen-bond donors (Lipinski definition) is 0. The molecule has 0 amide bonds. The topological polar surface area (TPSA) is 0 Å². The van der Waals surface area contributed by atoms with Gasteiger partial charge in [-0.2, -0.15) is 0 Å². The van der Waals surface area contributed by atoms with Crippen molar-refractivity contribution in [2.75, 3.05) is 0 Å². The van der Waals surface area contributed by atoms with Crippen LogP contribution in [0, 0.1) is 11.3 Å². The molecule has 0 spiro atoms. The van der Waals surface area contributed by atoms with Gasteiger partial charge in [0.1, 0.15) is 0 Å². The van der Waals surface area contributed by atoms with E-state index in [1.165, 1.54) is 25.9 Å². The van der Waals surface area contributed by atoms with Crippen LogP contribution in [-0.4, -0.2) is 0 Å². The van der Waals surface area contributed by atoms with Crippen molar-refractivity contribution < 1.29 is 0 Å². The van der Waals surface area contributed by atoms with E-state index in [2.05, 4.69) is 117 Å². The fourth-order valence-electron chi connectivity index (χ4n) is 3.57. The Hall–Kier alpha value is -1.35. The first-order chi connectivity index (χ1) is 11.4. The third kappa shape index (κ3) is 3.37. The quantitative estimate of drug-likeness (QED) is 0.443. The standard InChI is InChI=1S/C23H25I/c1-16-19(17-11-7-5-8-12-17)15-20(23(2,3)4)22(24)21(16)18-13-9-6-10-14-18/h5-16,19H,1-4H3. The highest BCUT2D eigenvalue weighted by Gasteiger charge is 2.33. The SMILES string of the molecule is CC1C(c2ccccc2)=C(I)C(C(C)(C)C)=CC1c1ccccc1. The van der Waals surface area contributed by atoms with E-state index in [9.17, 15) is 0 Å². The smallest absolute Gasteiger partial charge is 0.0205 e. The first kappa shape index (κ1) is 17.5. The first-order valence-electron chi connectivity index (χ1n) is 8.62. The summed E-state index contributed by atoms with van der Waals surface area (Å²) in [7, 11) is 0. The maximum absolute atomic E-state index is 2.57. The predicted molar refractivity (Wildman–Crippen MR) is 113 cm³/mol. The second kappa shape index (κ2) is 6.87. The van der Waals surface area contributed by atoms with E-state index in [1.807, 2.05) is 0 Å². The molecule has 3 rings (SSSR count). The van der Waals surface area contributed by atoms with Crippen molar-refractivity contribution in [2.45, 2.75) is 33.6 Å². The molecule has 1 aliphatic rings. The molecule has 0 N–H and O–H groups in total. The Balaban J connectivity index is 2.18. The largest absolute Gasteiger partial charge is 0.0716 e. The van der Waals surface area contributed by atoms with Crippen LogP contribution in [0.1, 0.15) is 44.7 Å². The third-order valence-electron chi connectivity index (χ3n) is 4.89. The second-order valence-corrected chi connectivity index (χ2v) is 8.73. The normalized spacial score (nSPS) is 21.6. The van der Waals surface area contributed by atoms with Gasteiger partial charge in [-0.3, -0.25) is 0 Å². The van der Waals surface area contributed by atoms with Crippen molar-refractivity contribution in [1.82, 2.24) is 0 Å². The predicted octanol–water partition coefficient (Wildman–Crippen LogP) is 7.24. The molecule has 2 aromatic carbocycles. The number of allylic oxidation sites excluding steroid dienone is 4. The van der Waals surface area contributed by atoms with Crippen molar-refractivity contribution in [3.8, 4) is 0 Å². The van der Waals surface area contributed by atoms with Gasteiger partial charge in [-0.15, -0.1) is 0 Å². The average Bonchev–Trinajstić information content (AvgIpc) is 2.56. The number of benzene rings is 2. The van der Waals surface area contributed by atoms with E-state index >= 15 is 0 Å². The van der Waals surface area contributed by atoms with Gasteiger partial charge in [-0.25, -0.2) is 0 Å². The van der Waals surface area contributed by atoms with Gasteiger partial charge in [0.2, 0.25) is 0 Å². The fourth-order valence-corrected chi connectivity index (χ4v) is 5.36. The number of hydrogen-bond acceptors (Lipinski definition) is 0. The summed E-state index contributed by atoms with van der Waals surface area (Å²) >= 11 is 2.57. The lowest BCUT2D eigenvalue weighted by atomic mass is 9.71. The molecule has 0 radical (unpaired) electrons. The molecule has 2 unspecified atom stereocenters. The Morgan fingerprint density at radius 2 is 1.38 bits per heavy atom. The van der Waals surface area contributed by atoms with Gasteiger partial charge in [0, 0.05) is 9.50 Å². The van der Waals surface area contributed by atoms with Gasteiger partial charge < -0.3 is 0 Å². The summed E-state index contributed by atoms with van der Waals surface area (Å²) in [5, 5.41) is 0. The zero-order chi connectivity index (χ0) is 17.3. The monoisotopic (exact) mass is 428 g/mol. The molecule has 1 heteroatoms. The van der Waals surface area contributed by atoms with E-state index in [1.54, 1.807) is 0 Å². The van der Waals surface area contributed by atoms with Crippen molar-refractivity contribution in [1.29, 1.82) is 0 Å². The molecular weight excluding hydrogens is 403 g/mol. The fraction of sp³-hybridized carbons (Fsp3) is 0.304. The Kier molecular flexibility index (Phi) is 5.00. The van der Waals surface area contributed by atoms with Gasteiger partial charge in [0.05, 0.1) is 0 Å². The van der Waals surface area contributed by atoms with E-state index < -0.39 is 0 Å². The lowest BCUT2D eigenvalue weighted by Crippen LogP contribution is -2.21. The van der Waals surface area contributed by atoms with Gasteiger partial charge in [-0.05, 0) is 56.2 Å². The zero-order valence-electron chi connectivity index (χ0n) is 14.9. The summed E-state index contributed by atoms with van der Waals surface area (Å²) in [5.41, 5.74) is 5.85. The molecule has 1 aliphatic carbocycles. The zero-order valence-corrected chi connectivity index (χ0v) is 17.0. The van der Waals surface area contributed by atoms with Crippen LogP contribution < -0.4 is 0 Å². The van der Waals surface area contributed by atoms with Crippen molar-refractivity contribution in [3.63, 3.8) is 0 Å². The van der Waals surface area contributed by atoms with Gasteiger partial charge in [0.15, 0.2) is 0 Å². The molecule has 2 atom stereocenters. The van der Waals surface area contributed by atoms with Gasteiger partial charge >= 0.3 is 0 Å². The van der Waals surface area contributed by atoms with E-state index in [-0.39, 0.29) is 5.41 Å². The van der Waals surface area contributed by atoms with Crippen LogP contribution in [0.5, 0.6) is 0 Å². The molecule has 0 nitrogen and oxygen atoms in total. The summed E-state index contributed by atoms with van der Waals surface area (Å²) in [5.74, 6) is 0.891. The maximum atomic E-state index is 2.57. The van der Waals surface area contributed by atoms with Crippen LogP contribution in [0.15, 0.2) is 75.9 Å². The highest BCUT2D eigenvalue weighted by atomic mass is 127. The summed E-state index contributed by atoms with van der Waals surface area (Å²) in [6, 6.07) is 21.8. The van der Waals surface area contributed by atoms with Crippen LogP contribution in [-0.2, 0) is 0 Å². The van der Waals surface area contributed by atoms with E-state index in [0.29, 0.717) is 11.8 Å². The van der Waals surface area contributed by atoms with Crippen LogP contribution in [0.2, 0.25) is 0 Å². The Morgan fingerprint density at radius 3 is 1.92 bits per heavy atom. The number of rotatable bonds is 2. The minimum Gasteiger partial charge on any atom is -0.0716 e. The van der Waals surface area contributed by atoms with Gasteiger partial charge in [-0.1, -0.05) is 94.4 Å². The minimum atomic E-state index is 0.143. The molecule has 24 heavy (non-hydrogen) atoms. The summed E-state index contributed by atoms with van der Waals surface area (Å²) in [6.45, 7) is 9.32. The van der Waals surface area contributed by atoms with Crippen molar-refractivity contribution in [3.05, 3.63) is 87.0 Å². The van der Waals surface area contributed by atoms with Crippen LogP contribution in [0.4, 0.5) is 0 Å². The average molecular weight is 428 g/mol. The lowest BCUT2D eigenvalue weighted by Gasteiger charge is -2.36. The molecule has 124 valence electrons. The highest BCUT2D eigenvalue weighted by molar-refractivity contribution is 14.1. The maximum Gasteiger partial charge on any atom is 0.0205 e. The van der Waals surface area contributed by atoms with Gasteiger partial charge in [0.25, 0.3) is 0 Å². The molecule has 0 saturated carbocycles. The first-order valence-corrected chi connectivity index (χ1v) is 9.70. The lowest BCUT2D eigenvalue weighted by molar-refractivity contribution is 0.500. The molecule has 0 bridgehead atoms. The summed E-state index contributed by atoms with van der Waals surface area (Å²) in [4.78, 5) is 0.